The maximum atomic E-state index is 12.4. The van der Waals surface area contributed by atoms with E-state index in [1.54, 1.807) is 0 Å². The standard InChI is InChI=1S/C22H25N3O2/c1-25-16-19(18-11-5-6-12-20(18)25)22(27)24-15-14-23-21(26)13-7-10-17-8-3-2-4-9-17/h2-6,8-9,11-12,16H,7,10,13-15H2,1H3,(H,23,26)(H,24,27). The molecule has 3 aromatic rings. The van der Waals surface area contributed by atoms with Gasteiger partial charge in [-0.25, -0.2) is 0 Å². The lowest BCUT2D eigenvalue weighted by molar-refractivity contribution is -0.121. The first kappa shape index (κ1) is 18.7. The lowest BCUT2D eigenvalue weighted by atomic mass is 10.1. The average Bonchev–Trinajstić information content (AvgIpc) is 3.03. The Kier molecular flexibility index (Phi) is 6.26. The molecule has 2 amide bonds. The largest absolute Gasteiger partial charge is 0.354 e. The molecule has 0 radical (unpaired) electrons. The molecule has 0 aliphatic heterocycles. The van der Waals surface area contributed by atoms with Crippen molar-refractivity contribution in [3.05, 3.63) is 71.9 Å². The molecule has 5 heteroatoms. The summed E-state index contributed by atoms with van der Waals surface area (Å²) < 4.78 is 1.94. The third kappa shape index (κ3) is 4.97. The van der Waals surface area contributed by atoms with Gasteiger partial charge in [0.2, 0.25) is 5.91 Å². The van der Waals surface area contributed by atoms with Gasteiger partial charge in [-0.05, 0) is 24.5 Å². The quantitative estimate of drug-likeness (QED) is 0.604. The van der Waals surface area contributed by atoms with Gasteiger partial charge in [0.15, 0.2) is 0 Å². The third-order valence-corrected chi connectivity index (χ3v) is 4.59. The van der Waals surface area contributed by atoms with Crippen molar-refractivity contribution in [1.82, 2.24) is 15.2 Å². The highest BCUT2D eigenvalue weighted by atomic mass is 16.2. The molecule has 0 atom stereocenters. The molecule has 0 saturated carbocycles. The molecule has 0 aliphatic carbocycles. The van der Waals surface area contributed by atoms with Gasteiger partial charge < -0.3 is 15.2 Å². The van der Waals surface area contributed by atoms with Crippen molar-refractivity contribution in [1.29, 1.82) is 0 Å². The van der Waals surface area contributed by atoms with Crippen LogP contribution >= 0.6 is 0 Å². The maximum absolute atomic E-state index is 12.4. The predicted molar refractivity (Wildman–Crippen MR) is 108 cm³/mol. The van der Waals surface area contributed by atoms with Gasteiger partial charge in [-0.15, -0.1) is 0 Å². The second kappa shape index (κ2) is 9.03. The number of para-hydroxylation sites is 1. The Hall–Kier alpha value is -3.08. The van der Waals surface area contributed by atoms with E-state index in [0.29, 0.717) is 25.1 Å². The monoisotopic (exact) mass is 363 g/mol. The number of nitrogens with zero attached hydrogens (tertiary/aromatic N) is 1. The number of fused-ring (bicyclic) bond motifs is 1. The first-order valence-electron chi connectivity index (χ1n) is 9.28. The van der Waals surface area contributed by atoms with Crippen LogP contribution in [0.5, 0.6) is 0 Å². The van der Waals surface area contributed by atoms with E-state index in [1.165, 1.54) is 5.56 Å². The summed E-state index contributed by atoms with van der Waals surface area (Å²) in [5.74, 6) is -0.101. The number of benzene rings is 2. The molecule has 0 unspecified atom stereocenters. The van der Waals surface area contributed by atoms with E-state index >= 15 is 0 Å². The zero-order valence-electron chi connectivity index (χ0n) is 15.6. The Morgan fingerprint density at radius 3 is 2.44 bits per heavy atom. The minimum Gasteiger partial charge on any atom is -0.354 e. The summed E-state index contributed by atoms with van der Waals surface area (Å²) in [7, 11) is 1.93. The number of rotatable bonds is 8. The van der Waals surface area contributed by atoms with Gasteiger partial charge in [-0.2, -0.15) is 0 Å². The molecule has 2 N–H and O–H groups in total. The van der Waals surface area contributed by atoms with Crippen molar-refractivity contribution < 1.29 is 9.59 Å². The molecular formula is C22H25N3O2. The summed E-state index contributed by atoms with van der Waals surface area (Å²) in [6.45, 7) is 0.840. The molecule has 0 saturated heterocycles. The van der Waals surface area contributed by atoms with Gasteiger partial charge >= 0.3 is 0 Å². The highest BCUT2D eigenvalue weighted by Crippen LogP contribution is 2.19. The van der Waals surface area contributed by atoms with Crippen LogP contribution in [0.1, 0.15) is 28.8 Å². The minimum atomic E-state index is -0.120. The van der Waals surface area contributed by atoms with Gasteiger partial charge in [-0.1, -0.05) is 48.5 Å². The maximum Gasteiger partial charge on any atom is 0.253 e. The van der Waals surface area contributed by atoms with Crippen molar-refractivity contribution in [3.8, 4) is 0 Å². The van der Waals surface area contributed by atoms with Crippen LogP contribution in [0.25, 0.3) is 10.9 Å². The van der Waals surface area contributed by atoms with Crippen molar-refractivity contribution in [3.63, 3.8) is 0 Å². The molecule has 2 aromatic carbocycles. The molecule has 0 aliphatic rings. The molecule has 0 bridgehead atoms. The van der Waals surface area contributed by atoms with E-state index in [0.717, 1.165) is 23.7 Å². The highest BCUT2D eigenvalue weighted by molar-refractivity contribution is 6.06. The molecule has 5 nitrogen and oxygen atoms in total. The minimum absolute atomic E-state index is 0.0188. The summed E-state index contributed by atoms with van der Waals surface area (Å²) in [6, 6.07) is 18.0. The summed E-state index contributed by atoms with van der Waals surface area (Å²) in [6.07, 6.45) is 4.04. The number of amides is 2. The van der Waals surface area contributed by atoms with Crippen LogP contribution in [0, 0.1) is 0 Å². The Balaban J connectivity index is 1.38. The summed E-state index contributed by atoms with van der Waals surface area (Å²) in [5, 5.41) is 6.67. The molecule has 1 heterocycles. The molecule has 3 rings (SSSR count). The van der Waals surface area contributed by atoms with Gasteiger partial charge in [-0.3, -0.25) is 9.59 Å². The van der Waals surface area contributed by atoms with Crippen LogP contribution in [0.4, 0.5) is 0 Å². The van der Waals surface area contributed by atoms with Gasteiger partial charge in [0, 0.05) is 43.7 Å². The molecule has 27 heavy (non-hydrogen) atoms. The number of aromatic nitrogens is 1. The van der Waals surface area contributed by atoms with Gasteiger partial charge in [0.25, 0.3) is 5.91 Å². The number of hydrogen-bond donors (Lipinski definition) is 2. The number of nitrogens with one attached hydrogen (secondary N) is 2. The summed E-state index contributed by atoms with van der Waals surface area (Å²) in [4.78, 5) is 24.3. The van der Waals surface area contributed by atoms with Crippen LogP contribution < -0.4 is 10.6 Å². The Morgan fingerprint density at radius 2 is 1.63 bits per heavy atom. The van der Waals surface area contributed by atoms with Crippen LogP contribution in [0.3, 0.4) is 0 Å². The SMILES string of the molecule is Cn1cc(C(=O)NCCNC(=O)CCCc2ccccc2)c2ccccc21. The van der Waals surface area contributed by atoms with Crippen LogP contribution in [0.15, 0.2) is 60.8 Å². The molecule has 0 spiro atoms. The van der Waals surface area contributed by atoms with E-state index in [2.05, 4.69) is 22.8 Å². The Morgan fingerprint density at radius 1 is 0.926 bits per heavy atom. The van der Waals surface area contributed by atoms with Crippen LogP contribution in [-0.4, -0.2) is 29.5 Å². The summed E-state index contributed by atoms with van der Waals surface area (Å²) >= 11 is 0. The first-order valence-corrected chi connectivity index (χ1v) is 9.28. The van der Waals surface area contributed by atoms with Crippen molar-refractivity contribution in [2.75, 3.05) is 13.1 Å². The predicted octanol–water partition coefficient (Wildman–Crippen LogP) is 3.05. The normalized spacial score (nSPS) is 10.7. The molecular weight excluding hydrogens is 338 g/mol. The molecule has 0 fully saturated rings. The highest BCUT2D eigenvalue weighted by Gasteiger charge is 2.12. The molecule has 140 valence electrons. The number of carbonyl (C=O) groups is 2. The number of hydrogen-bond acceptors (Lipinski definition) is 2. The van der Waals surface area contributed by atoms with Crippen LogP contribution in [0.2, 0.25) is 0 Å². The third-order valence-electron chi connectivity index (χ3n) is 4.59. The van der Waals surface area contributed by atoms with Gasteiger partial charge in [0.05, 0.1) is 5.56 Å². The zero-order valence-corrected chi connectivity index (χ0v) is 15.6. The zero-order chi connectivity index (χ0) is 19.1. The first-order chi connectivity index (χ1) is 13.1. The molecule has 1 aromatic heterocycles. The van der Waals surface area contributed by atoms with Gasteiger partial charge in [0.1, 0.15) is 0 Å². The topological polar surface area (TPSA) is 63.1 Å². The smallest absolute Gasteiger partial charge is 0.253 e. The van der Waals surface area contributed by atoms with Crippen LogP contribution in [-0.2, 0) is 18.3 Å². The second-order valence-electron chi connectivity index (χ2n) is 6.62. The average molecular weight is 363 g/mol. The summed E-state index contributed by atoms with van der Waals surface area (Å²) in [5.41, 5.74) is 2.92. The van der Waals surface area contributed by atoms with E-state index in [9.17, 15) is 9.59 Å². The number of aryl methyl sites for hydroxylation is 2. The van der Waals surface area contributed by atoms with Crippen molar-refractivity contribution in [2.24, 2.45) is 7.05 Å². The fourth-order valence-electron chi connectivity index (χ4n) is 3.18. The number of carbonyl (C=O) groups excluding carboxylic acids is 2. The van der Waals surface area contributed by atoms with E-state index in [1.807, 2.05) is 60.3 Å². The lowest BCUT2D eigenvalue weighted by Gasteiger charge is -2.07. The van der Waals surface area contributed by atoms with E-state index in [4.69, 9.17) is 0 Å². The Labute approximate surface area is 159 Å². The second-order valence-corrected chi connectivity index (χ2v) is 6.62. The Bertz CT molecular complexity index is 916. The van der Waals surface area contributed by atoms with Crippen molar-refractivity contribution >= 4 is 22.7 Å². The van der Waals surface area contributed by atoms with E-state index in [-0.39, 0.29) is 11.8 Å². The fraction of sp³-hybridized carbons (Fsp3) is 0.273. The lowest BCUT2D eigenvalue weighted by Crippen LogP contribution is -2.34. The fourth-order valence-corrected chi connectivity index (χ4v) is 3.18. The van der Waals surface area contributed by atoms with Crippen molar-refractivity contribution in [2.45, 2.75) is 19.3 Å². The van der Waals surface area contributed by atoms with E-state index < -0.39 is 0 Å².